The van der Waals surface area contributed by atoms with E-state index in [1.165, 1.54) is 0 Å². The van der Waals surface area contributed by atoms with Gasteiger partial charge < -0.3 is 14.8 Å². The van der Waals surface area contributed by atoms with Gasteiger partial charge >= 0.3 is 0 Å². The van der Waals surface area contributed by atoms with Gasteiger partial charge in [-0.05, 0) is 19.1 Å². The standard InChI is InChI=1S/C11H18N2O2/c1-9(13-6-4-12-5-7-13)11-3-2-10(8-14)15-11/h2-3,9,12,14H,4-8H2,1H3/t9-/m1/s1. The van der Waals surface area contributed by atoms with Gasteiger partial charge in [-0.3, -0.25) is 4.90 Å². The second-order valence-electron chi connectivity index (χ2n) is 3.92. The molecule has 1 atom stereocenters. The Bertz CT molecular complexity index is 305. The van der Waals surface area contributed by atoms with E-state index in [2.05, 4.69) is 17.1 Å². The highest BCUT2D eigenvalue weighted by Gasteiger charge is 2.20. The van der Waals surface area contributed by atoms with E-state index < -0.39 is 0 Å². The van der Waals surface area contributed by atoms with Crippen LogP contribution < -0.4 is 5.32 Å². The smallest absolute Gasteiger partial charge is 0.129 e. The lowest BCUT2D eigenvalue weighted by atomic mass is 10.2. The lowest BCUT2D eigenvalue weighted by Gasteiger charge is -2.31. The van der Waals surface area contributed by atoms with Crippen molar-refractivity contribution in [2.75, 3.05) is 26.2 Å². The van der Waals surface area contributed by atoms with E-state index >= 15 is 0 Å². The summed E-state index contributed by atoms with van der Waals surface area (Å²) < 4.78 is 5.54. The number of nitrogens with one attached hydrogen (secondary N) is 1. The van der Waals surface area contributed by atoms with Crippen LogP contribution in [0, 0.1) is 0 Å². The Hall–Kier alpha value is -0.840. The van der Waals surface area contributed by atoms with E-state index in [-0.39, 0.29) is 6.61 Å². The van der Waals surface area contributed by atoms with Crippen LogP contribution in [0.2, 0.25) is 0 Å². The van der Waals surface area contributed by atoms with Gasteiger partial charge in [0.1, 0.15) is 18.1 Å². The van der Waals surface area contributed by atoms with Crippen molar-refractivity contribution < 1.29 is 9.52 Å². The second kappa shape index (κ2) is 4.79. The molecule has 4 nitrogen and oxygen atoms in total. The minimum Gasteiger partial charge on any atom is -0.462 e. The fourth-order valence-corrected chi connectivity index (χ4v) is 1.95. The van der Waals surface area contributed by atoms with E-state index in [0.717, 1.165) is 31.9 Å². The largest absolute Gasteiger partial charge is 0.462 e. The van der Waals surface area contributed by atoms with Gasteiger partial charge in [0.05, 0.1) is 6.04 Å². The first-order chi connectivity index (χ1) is 7.31. The highest BCUT2D eigenvalue weighted by Crippen LogP contribution is 2.22. The van der Waals surface area contributed by atoms with E-state index in [4.69, 9.17) is 9.52 Å². The molecule has 0 amide bonds. The molecule has 1 aliphatic rings. The molecule has 0 bridgehead atoms. The normalized spacial score (nSPS) is 20.4. The number of nitrogens with zero attached hydrogens (tertiary/aromatic N) is 1. The quantitative estimate of drug-likeness (QED) is 0.772. The number of aliphatic hydroxyl groups excluding tert-OH is 1. The molecule has 1 aliphatic heterocycles. The first-order valence-corrected chi connectivity index (χ1v) is 5.45. The predicted octanol–water partition coefficient (Wildman–Crippen LogP) is 0.738. The Morgan fingerprint density at radius 2 is 2.20 bits per heavy atom. The van der Waals surface area contributed by atoms with E-state index in [0.29, 0.717) is 11.8 Å². The molecule has 1 aromatic heterocycles. The maximum Gasteiger partial charge on any atom is 0.129 e. The Labute approximate surface area is 89.9 Å². The van der Waals surface area contributed by atoms with Crippen molar-refractivity contribution >= 4 is 0 Å². The lowest BCUT2D eigenvalue weighted by molar-refractivity contribution is 0.160. The molecule has 0 saturated carbocycles. The van der Waals surface area contributed by atoms with Crippen LogP contribution in [0.5, 0.6) is 0 Å². The molecule has 0 aliphatic carbocycles. The molecule has 2 heterocycles. The Morgan fingerprint density at radius 3 is 2.80 bits per heavy atom. The molecule has 84 valence electrons. The zero-order valence-electron chi connectivity index (χ0n) is 9.07. The van der Waals surface area contributed by atoms with Crippen LogP contribution in [0.4, 0.5) is 0 Å². The highest BCUT2D eigenvalue weighted by atomic mass is 16.4. The third-order valence-corrected chi connectivity index (χ3v) is 2.95. The average Bonchev–Trinajstić information content (AvgIpc) is 2.78. The molecule has 2 rings (SSSR count). The van der Waals surface area contributed by atoms with Crippen LogP contribution >= 0.6 is 0 Å². The first-order valence-electron chi connectivity index (χ1n) is 5.45. The predicted molar refractivity (Wildman–Crippen MR) is 57.5 cm³/mol. The molecule has 1 fully saturated rings. The number of furan rings is 1. The number of hydrogen-bond acceptors (Lipinski definition) is 4. The Balaban J connectivity index is 2.02. The molecule has 0 aromatic carbocycles. The van der Waals surface area contributed by atoms with Crippen molar-refractivity contribution in [3.8, 4) is 0 Å². The molecule has 0 spiro atoms. The lowest BCUT2D eigenvalue weighted by Crippen LogP contribution is -2.44. The summed E-state index contributed by atoms with van der Waals surface area (Å²) in [4.78, 5) is 2.39. The third-order valence-electron chi connectivity index (χ3n) is 2.95. The van der Waals surface area contributed by atoms with Crippen molar-refractivity contribution in [1.29, 1.82) is 0 Å². The van der Waals surface area contributed by atoms with Crippen LogP contribution in [-0.4, -0.2) is 36.2 Å². The summed E-state index contributed by atoms with van der Waals surface area (Å²) in [5.41, 5.74) is 0. The maximum absolute atomic E-state index is 8.93. The Morgan fingerprint density at radius 1 is 1.47 bits per heavy atom. The van der Waals surface area contributed by atoms with Crippen molar-refractivity contribution in [3.05, 3.63) is 23.7 Å². The van der Waals surface area contributed by atoms with Crippen LogP contribution in [0.3, 0.4) is 0 Å². The monoisotopic (exact) mass is 210 g/mol. The van der Waals surface area contributed by atoms with Gasteiger partial charge in [0.15, 0.2) is 0 Å². The van der Waals surface area contributed by atoms with Crippen LogP contribution in [0.1, 0.15) is 24.5 Å². The van der Waals surface area contributed by atoms with Crippen molar-refractivity contribution in [2.45, 2.75) is 19.6 Å². The van der Waals surface area contributed by atoms with Crippen LogP contribution in [-0.2, 0) is 6.61 Å². The number of piperazine rings is 1. The summed E-state index contributed by atoms with van der Waals surface area (Å²) in [6.07, 6.45) is 0. The van der Waals surface area contributed by atoms with Crippen LogP contribution in [0.15, 0.2) is 16.5 Å². The molecule has 1 aromatic rings. The molecule has 4 heteroatoms. The van der Waals surface area contributed by atoms with Crippen molar-refractivity contribution in [3.63, 3.8) is 0 Å². The summed E-state index contributed by atoms with van der Waals surface area (Å²) in [7, 11) is 0. The van der Waals surface area contributed by atoms with E-state index in [1.807, 2.05) is 12.1 Å². The highest BCUT2D eigenvalue weighted by molar-refractivity contribution is 5.10. The van der Waals surface area contributed by atoms with Gasteiger partial charge in [0.25, 0.3) is 0 Å². The van der Waals surface area contributed by atoms with Crippen molar-refractivity contribution in [2.24, 2.45) is 0 Å². The minimum absolute atomic E-state index is 0.0196. The first kappa shape index (κ1) is 10.7. The molecule has 0 radical (unpaired) electrons. The molecule has 2 N–H and O–H groups in total. The summed E-state index contributed by atoms with van der Waals surface area (Å²) in [5, 5.41) is 12.3. The molecule has 1 saturated heterocycles. The molecular formula is C11H18N2O2. The van der Waals surface area contributed by atoms with Gasteiger partial charge in [0.2, 0.25) is 0 Å². The molecule has 15 heavy (non-hydrogen) atoms. The minimum atomic E-state index is -0.0196. The van der Waals surface area contributed by atoms with E-state index in [9.17, 15) is 0 Å². The molecular weight excluding hydrogens is 192 g/mol. The third kappa shape index (κ3) is 2.40. The number of hydrogen-bond donors (Lipinski definition) is 2. The zero-order valence-corrected chi connectivity index (χ0v) is 9.07. The van der Waals surface area contributed by atoms with Crippen LogP contribution in [0.25, 0.3) is 0 Å². The molecule has 0 unspecified atom stereocenters. The number of rotatable bonds is 3. The summed E-state index contributed by atoms with van der Waals surface area (Å²) >= 11 is 0. The van der Waals surface area contributed by atoms with Gasteiger partial charge in [-0.1, -0.05) is 0 Å². The van der Waals surface area contributed by atoms with Gasteiger partial charge in [0, 0.05) is 26.2 Å². The fraction of sp³-hybridized carbons (Fsp3) is 0.636. The summed E-state index contributed by atoms with van der Waals surface area (Å²) in [6.45, 7) is 6.31. The Kier molecular flexibility index (Phi) is 3.41. The van der Waals surface area contributed by atoms with Gasteiger partial charge in [-0.15, -0.1) is 0 Å². The zero-order chi connectivity index (χ0) is 10.7. The van der Waals surface area contributed by atoms with E-state index in [1.54, 1.807) is 0 Å². The van der Waals surface area contributed by atoms with Crippen molar-refractivity contribution in [1.82, 2.24) is 10.2 Å². The maximum atomic E-state index is 8.93. The summed E-state index contributed by atoms with van der Waals surface area (Å²) in [5.74, 6) is 1.59. The average molecular weight is 210 g/mol. The van der Waals surface area contributed by atoms with Gasteiger partial charge in [-0.2, -0.15) is 0 Å². The summed E-state index contributed by atoms with van der Waals surface area (Å²) in [6, 6.07) is 4.10. The van der Waals surface area contributed by atoms with Gasteiger partial charge in [-0.25, -0.2) is 0 Å². The number of aliphatic hydroxyl groups is 1. The fourth-order valence-electron chi connectivity index (χ4n) is 1.95. The topological polar surface area (TPSA) is 48.6 Å². The second-order valence-corrected chi connectivity index (χ2v) is 3.92. The SMILES string of the molecule is C[C@H](c1ccc(CO)o1)N1CCNCC1.